The van der Waals surface area contributed by atoms with E-state index in [9.17, 15) is 9.59 Å². The number of nitrogens with zero attached hydrogens (tertiary/aromatic N) is 1. The molecule has 34 heavy (non-hydrogen) atoms. The zero-order valence-corrected chi connectivity index (χ0v) is 20.0. The van der Waals surface area contributed by atoms with Gasteiger partial charge < -0.3 is 15.5 Å². The Hall–Kier alpha value is -3.60. The van der Waals surface area contributed by atoms with E-state index in [1.54, 1.807) is 6.07 Å². The third-order valence-electron chi connectivity index (χ3n) is 6.44. The van der Waals surface area contributed by atoms with Gasteiger partial charge >= 0.3 is 0 Å². The van der Waals surface area contributed by atoms with Crippen molar-refractivity contribution in [2.24, 2.45) is 0 Å². The Balaban J connectivity index is 1.54. The molecule has 3 aromatic carbocycles. The van der Waals surface area contributed by atoms with Gasteiger partial charge in [0, 0.05) is 36.1 Å². The molecule has 0 radical (unpaired) electrons. The molecule has 1 aliphatic rings. The highest BCUT2D eigenvalue weighted by atomic mass is 16.2. The molecule has 176 valence electrons. The standard InChI is InChI=1S/C29H33N3O2/c1-3-21(2)30-29(34)26-20-25(16-17-27(26)32-18-8-5-9-19-32)31-28(33)24-14-12-23(13-15-24)22-10-6-4-7-11-22/h4,6-7,10-17,20-21H,3,5,8-9,18-19H2,1-2H3,(H,30,34)(H,31,33). The van der Waals surface area contributed by atoms with E-state index < -0.39 is 0 Å². The minimum atomic E-state index is -0.196. The Morgan fingerprint density at radius 2 is 1.53 bits per heavy atom. The second-order valence-corrected chi connectivity index (χ2v) is 8.96. The van der Waals surface area contributed by atoms with Gasteiger partial charge in [0.05, 0.1) is 5.56 Å². The van der Waals surface area contributed by atoms with Crippen LogP contribution in [0.4, 0.5) is 11.4 Å². The Morgan fingerprint density at radius 3 is 2.21 bits per heavy atom. The largest absolute Gasteiger partial charge is 0.371 e. The number of anilines is 2. The summed E-state index contributed by atoms with van der Waals surface area (Å²) in [6.45, 7) is 5.95. The third-order valence-corrected chi connectivity index (χ3v) is 6.44. The average molecular weight is 456 g/mol. The molecule has 0 aliphatic carbocycles. The first kappa shape index (κ1) is 23.6. The highest BCUT2D eigenvalue weighted by Gasteiger charge is 2.20. The lowest BCUT2D eigenvalue weighted by Gasteiger charge is -2.31. The topological polar surface area (TPSA) is 61.4 Å². The predicted octanol–water partition coefficient (Wildman–Crippen LogP) is 6.12. The number of rotatable bonds is 7. The number of benzene rings is 3. The van der Waals surface area contributed by atoms with E-state index in [1.807, 2.05) is 73.7 Å². The molecule has 0 spiro atoms. The van der Waals surface area contributed by atoms with Crippen LogP contribution in [0.25, 0.3) is 11.1 Å². The van der Waals surface area contributed by atoms with Gasteiger partial charge in [-0.1, -0.05) is 49.4 Å². The molecular formula is C29H33N3O2. The van der Waals surface area contributed by atoms with E-state index >= 15 is 0 Å². The van der Waals surface area contributed by atoms with Gasteiger partial charge in [-0.2, -0.15) is 0 Å². The molecular weight excluding hydrogens is 422 g/mol. The molecule has 1 atom stereocenters. The van der Waals surface area contributed by atoms with E-state index in [1.165, 1.54) is 6.42 Å². The lowest BCUT2D eigenvalue weighted by molar-refractivity contribution is 0.0938. The summed E-state index contributed by atoms with van der Waals surface area (Å²) in [5, 5.41) is 6.05. The monoisotopic (exact) mass is 455 g/mol. The molecule has 2 N–H and O–H groups in total. The molecule has 3 aromatic rings. The van der Waals surface area contributed by atoms with Crippen LogP contribution in [0.3, 0.4) is 0 Å². The molecule has 1 saturated heterocycles. The molecule has 4 rings (SSSR count). The molecule has 5 heteroatoms. The van der Waals surface area contributed by atoms with Crippen molar-refractivity contribution in [1.82, 2.24) is 5.32 Å². The predicted molar refractivity (Wildman–Crippen MR) is 140 cm³/mol. The quantitative estimate of drug-likeness (QED) is 0.451. The van der Waals surface area contributed by atoms with E-state index in [0.29, 0.717) is 16.8 Å². The van der Waals surface area contributed by atoms with Crippen LogP contribution in [0.15, 0.2) is 72.8 Å². The van der Waals surface area contributed by atoms with E-state index in [0.717, 1.165) is 49.2 Å². The summed E-state index contributed by atoms with van der Waals surface area (Å²) in [7, 11) is 0. The van der Waals surface area contributed by atoms with Crippen LogP contribution < -0.4 is 15.5 Å². The van der Waals surface area contributed by atoms with Crippen molar-refractivity contribution in [2.45, 2.75) is 45.6 Å². The van der Waals surface area contributed by atoms with Crippen molar-refractivity contribution >= 4 is 23.2 Å². The fraction of sp³-hybridized carbons (Fsp3) is 0.310. The molecule has 1 fully saturated rings. The zero-order chi connectivity index (χ0) is 23.9. The maximum Gasteiger partial charge on any atom is 0.255 e. The zero-order valence-electron chi connectivity index (χ0n) is 20.0. The molecule has 1 aliphatic heterocycles. The minimum Gasteiger partial charge on any atom is -0.371 e. The summed E-state index contributed by atoms with van der Waals surface area (Å²) >= 11 is 0. The second kappa shape index (κ2) is 11.0. The van der Waals surface area contributed by atoms with Gasteiger partial charge in [0.15, 0.2) is 0 Å². The van der Waals surface area contributed by atoms with Crippen molar-refractivity contribution in [1.29, 1.82) is 0 Å². The Labute approximate surface area is 202 Å². The van der Waals surface area contributed by atoms with Crippen LogP contribution in [0, 0.1) is 0 Å². The van der Waals surface area contributed by atoms with Crippen LogP contribution in [0.2, 0.25) is 0 Å². The molecule has 1 unspecified atom stereocenters. The van der Waals surface area contributed by atoms with E-state index in [4.69, 9.17) is 0 Å². The van der Waals surface area contributed by atoms with Crippen LogP contribution >= 0.6 is 0 Å². The fourth-order valence-electron chi connectivity index (χ4n) is 4.26. The van der Waals surface area contributed by atoms with Gasteiger partial charge in [-0.25, -0.2) is 0 Å². The van der Waals surface area contributed by atoms with Gasteiger partial charge in [0.25, 0.3) is 11.8 Å². The first-order valence-corrected chi connectivity index (χ1v) is 12.2. The molecule has 2 amide bonds. The Kier molecular flexibility index (Phi) is 7.63. The maximum atomic E-state index is 13.1. The van der Waals surface area contributed by atoms with E-state index in [2.05, 4.69) is 22.5 Å². The van der Waals surface area contributed by atoms with Gasteiger partial charge in [-0.3, -0.25) is 9.59 Å². The van der Waals surface area contributed by atoms with Gasteiger partial charge in [-0.15, -0.1) is 0 Å². The van der Waals surface area contributed by atoms with Crippen molar-refractivity contribution in [3.8, 4) is 11.1 Å². The average Bonchev–Trinajstić information content (AvgIpc) is 2.89. The number of piperidine rings is 1. The van der Waals surface area contributed by atoms with Crippen LogP contribution in [-0.2, 0) is 0 Å². The summed E-state index contributed by atoms with van der Waals surface area (Å²) in [4.78, 5) is 28.3. The molecule has 0 bridgehead atoms. The number of carbonyl (C=O) groups is 2. The molecule has 0 aromatic heterocycles. The summed E-state index contributed by atoms with van der Waals surface area (Å²) in [6, 6.07) is 23.4. The SMILES string of the molecule is CCC(C)NC(=O)c1cc(NC(=O)c2ccc(-c3ccccc3)cc2)ccc1N1CCCCC1. The first-order valence-electron chi connectivity index (χ1n) is 12.2. The summed E-state index contributed by atoms with van der Waals surface area (Å²) < 4.78 is 0. The van der Waals surface area contributed by atoms with Crippen LogP contribution in [-0.4, -0.2) is 30.9 Å². The second-order valence-electron chi connectivity index (χ2n) is 8.96. The highest BCUT2D eigenvalue weighted by Crippen LogP contribution is 2.28. The summed E-state index contributed by atoms with van der Waals surface area (Å²) in [5.41, 5.74) is 4.91. The van der Waals surface area contributed by atoms with Crippen molar-refractivity contribution in [3.63, 3.8) is 0 Å². The summed E-state index contributed by atoms with van der Waals surface area (Å²) in [5.74, 6) is -0.295. The van der Waals surface area contributed by atoms with Crippen LogP contribution in [0.5, 0.6) is 0 Å². The molecule has 0 saturated carbocycles. The van der Waals surface area contributed by atoms with Gasteiger partial charge in [0.2, 0.25) is 0 Å². The smallest absolute Gasteiger partial charge is 0.255 e. The maximum absolute atomic E-state index is 13.1. The Morgan fingerprint density at radius 1 is 0.853 bits per heavy atom. The number of amides is 2. The normalized spacial score (nSPS) is 14.4. The third kappa shape index (κ3) is 5.66. The summed E-state index contributed by atoms with van der Waals surface area (Å²) in [6.07, 6.45) is 4.34. The fourth-order valence-corrected chi connectivity index (χ4v) is 4.26. The lowest BCUT2D eigenvalue weighted by atomic mass is 10.0. The first-order chi connectivity index (χ1) is 16.5. The van der Waals surface area contributed by atoms with Gasteiger partial charge in [-0.05, 0) is 74.1 Å². The lowest BCUT2D eigenvalue weighted by Crippen LogP contribution is -2.35. The molecule has 5 nitrogen and oxygen atoms in total. The number of carbonyl (C=O) groups excluding carboxylic acids is 2. The van der Waals surface area contributed by atoms with Crippen LogP contribution in [0.1, 0.15) is 60.2 Å². The number of nitrogens with one attached hydrogen (secondary N) is 2. The minimum absolute atomic E-state index is 0.0862. The van der Waals surface area contributed by atoms with Crippen molar-refractivity contribution < 1.29 is 9.59 Å². The highest BCUT2D eigenvalue weighted by molar-refractivity contribution is 6.06. The molecule has 1 heterocycles. The van der Waals surface area contributed by atoms with Crippen molar-refractivity contribution in [2.75, 3.05) is 23.3 Å². The Bertz CT molecular complexity index is 1120. The number of hydrogen-bond acceptors (Lipinski definition) is 3. The van der Waals surface area contributed by atoms with E-state index in [-0.39, 0.29) is 17.9 Å². The van der Waals surface area contributed by atoms with Gasteiger partial charge in [0.1, 0.15) is 0 Å². The number of hydrogen-bond donors (Lipinski definition) is 2. The van der Waals surface area contributed by atoms with Crippen molar-refractivity contribution in [3.05, 3.63) is 83.9 Å².